The normalized spacial score (nSPS) is 17.7. The summed E-state index contributed by atoms with van der Waals surface area (Å²) in [5.74, 6) is 1.77. The van der Waals surface area contributed by atoms with Gasteiger partial charge < -0.3 is 12.4 Å². The molecule has 0 radical (unpaired) electrons. The summed E-state index contributed by atoms with van der Waals surface area (Å²) in [4.78, 5) is 2.55. The molecule has 1 aliphatic heterocycles. The van der Waals surface area contributed by atoms with Gasteiger partial charge in [-0.15, -0.1) is 5.10 Å². The second-order valence-electron chi connectivity index (χ2n) is 8.15. The second kappa shape index (κ2) is 8.49. The molecule has 1 fully saturated rings. The Kier molecular flexibility index (Phi) is 6.80. The smallest absolute Gasteiger partial charge is 0.173 e. The molecule has 144 valence electrons. The zero-order chi connectivity index (χ0) is 18.0. The van der Waals surface area contributed by atoms with Crippen LogP contribution in [-0.4, -0.2) is 38.2 Å². The quantitative estimate of drug-likeness (QED) is 0.779. The minimum absolute atomic E-state index is 0. The van der Waals surface area contributed by atoms with E-state index in [1.165, 1.54) is 24.0 Å². The molecule has 26 heavy (non-hydrogen) atoms. The van der Waals surface area contributed by atoms with Crippen molar-refractivity contribution < 1.29 is 12.4 Å². The van der Waals surface area contributed by atoms with Crippen LogP contribution >= 0.6 is 0 Å². The van der Waals surface area contributed by atoms with Gasteiger partial charge in [-0.2, -0.15) is 0 Å². The largest absolute Gasteiger partial charge is 1.00 e. The van der Waals surface area contributed by atoms with E-state index in [9.17, 15) is 0 Å². The maximum atomic E-state index is 4.48. The third-order valence-electron chi connectivity index (χ3n) is 5.75. The number of aryl methyl sites for hydroxylation is 1. The Balaban J connectivity index is 0.00000243. The highest BCUT2D eigenvalue weighted by Gasteiger charge is 2.33. The molecule has 1 saturated heterocycles. The molecular weight excluding hydrogens is 346 g/mol. The Labute approximate surface area is 163 Å². The van der Waals surface area contributed by atoms with Gasteiger partial charge in [-0.1, -0.05) is 43.7 Å². The van der Waals surface area contributed by atoms with E-state index in [2.05, 4.69) is 79.3 Å². The molecule has 0 bridgehead atoms. The first-order valence-corrected chi connectivity index (χ1v) is 9.51. The van der Waals surface area contributed by atoms with Crippen LogP contribution in [0.5, 0.6) is 0 Å². The van der Waals surface area contributed by atoms with Crippen molar-refractivity contribution in [1.82, 2.24) is 25.1 Å². The van der Waals surface area contributed by atoms with E-state index in [0.29, 0.717) is 0 Å². The van der Waals surface area contributed by atoms with Crippen molar-refractivity contribution in [1.29, 1.82) is 0 Å². The van der Waals surface area contributed by atoms with Crippen LogP contribution in [0.25, 0.3) is 0 Å². The second-order valence-corrected chi connectivity index (χ2v) is 8.15. The number of nitrogens with zero attached hydrogens (tertiary/aromatic N) is 5. The van der Waals surface area contributed by atoms with E-state index >= 15 is 0 Å². The predicted octanol–water partition coefficient (Wildman–Crippen LogP) is 0.952. The van der Waals surface area contributed by atoms with Gasteiger partial charge in [0, 0.05) is 0 Å². The van der Waals surface area contributed by atoms with Gasteiger partial charge in [0.25, 0.3) is 0 Å². The maximum Gasteiger partial charge on any atom is 0.173 e. The SMILES string of the molecule is CCC(C)(C)n1nnnc1C(c1ccc(C)cc1)N1CCC(C)CC1.[Cl-]. The molecule has 1 unspecified atom stereocenters. The van der Waals surface area contributed by atoms with Crippen LogP contribution < -0.4 is 12.4 Å². The fourth-order valence-electron chi connectivity index (χ4n) is 3.50. The highest BCUT2D eigenvalue weighted by molar-refractivity contribution is 5.28. The first-order valence-electron chi connectivity index (χ1n) is 9.51. The van der Waals surface area contributed by atoms with Crippen molar-refractivity contribution in [3.63, 3.8) is 0 Å². The highest BCUT2D eigenvalue weighted by atomic mass is 35.5. The van der Waals surface area contributed by atoms with Crippen molar-refractivity contribution >= 4 is 0 Å². The molecule has 0 saturated carbocycles. The third kappa shape index (κ3) is 4.26. The third-order valence-corrected chi connectivity index (χ3v) is 5.75. The first kappa shape index (κ1) is 20.8. The lowest BCUT2D eigenvalue weighted by molar-refractivity contribution is -0.00000614. The summed E-state index contributed by atoms with van der Waals surface area (Å²) in [6.45, 7) is 13.3. The van der Waals surface area contributed by atoms with Crippen LogP contribution in [0.15, 0.2) is 24.3 Å². The average molecular weight is 377 g/mol. The molecule has 0 N–H and O–H groups in total. The van der Waals surface area contributed by atoms with Gasteiger partial charge in [0.1, 0.15) is 0 Å². The van der Waals surface area contributed by atoms with Gasteiger partial charge in [0.05, 0.1) is 11.6 Å². The minimum atomic E-state index is -0.0924. The molecule has 6 heteroatoms. The number of likely N-dealkylation sites (tertiary alicyclic amines) is 1. The van der Waals surface area contributed by atoms with Crippen molar-refractivity contribution in [2.24, 2.45) is 5.92 Å². The number of rotatable bonds is 5. The topological polar surface area (TPSA) is 46.8 Å². The molecule has 0 spiro atoms. The van der Waals surface area contributed by atoms with Gasteiger partial charge >= 0.3 is 0 Å². The summed E-state index contributed by atoms with van der Waals surface area (Å²) in [5.41, 5.74) is 2.47. The minimum Gasteiger partial charge on any atom is -1.00 e. The molecule has 5 nitrogen and oxygen atoms in total. The van der Waals surface area contributed by atoms with E-state index < -0.39 is 0 Å². The number of benzene rings is 1. The van der Waals surface area contributed by atoms with Gasteiger partial charge in [0.15, 0.2) is 5.82 Å². The molecule has 0 amide bonds. The number of hydrogen-bond acceptors (Lipinski definition) is 4. The van der Waals surface area contributed by atoms with Gasteiger partial charge in [-0.25, -0.2) is 4.68 Å². The molecule has 0 aliphatic carbocycles. The number of aromatic nitrogens is 4. The van der Waals surface area contributed by atoms with Crippen LogP contribution in [0.1, 0.15) is 70.0 Å². The van der Waals surface area contributed by atoms with E-state index in [1.54, 1.807) is 0 Å². The molecule has 2 aromatic rings. The molecular formula is C20H31ClN5-. The van der Waals surface area contributed by atoms with Crippen LogP contribution in [0.2, 0.25) is 0 Å². The van der Waals surface area contributed by atoms with Crippen LogP contribution in [0.4, 0.5) is 0 Å². The first-order chi connectivity index (χ1) is 11.9. The summed E-state index contributed by atoms with van der Waals surface area (Å²) < 4.78 is 2.04. The monoisotopic (exact) mass is 376 g/mol. The Morgan fingerprint density at radius 3 is 2.35 bits per heavy atom. The lowest BCUT2D eigenvalue weighted by Gasteiger charge is -2.37. The van der Waals surface area contributed by atoms with E-state index in [4.69, 9.17) is 0 Å². The van der Waals surface area contributed by atoms with Crippen molar-refractivity contribution in [3.8, 4) is 0 Å². The average Bonchev–Trinajstić information content (AvgIpc) is 3.09. The lowest BCUT2D eigenvalue weighted by Crippen LogP contribution is -3.00. The predicted molar refractivity (Wildman–Crippen MR) is 100 cm³/mol. The number of hydrogen-bond donors (Lipinski definition) is 0. The maximum absolute atomic E-state index is 4.48. The summed E-state index contributed by atoms with van der Waals surface area (Å²) in [6.07, 6.45) is 3.46. The molecule has 1 aliphatic rings. The fourth-order valence-corrected chi connectivity index (χ4v) is 3.50. The molecule has 3 rings (SSSR count). The number of tetrazole rings is 1. The van der Waals surface area contributed by atoms with Crippen molar-refractivity contribution in [3.05, 3.63) is 41.2 Å². The molecule has 2 heterocycles. The van der Waals surface area contributed by atoms with Gasteiger partial charge in [-0.05, 0) is 75.0 Å². The van der Waals surface area contributed by atoms with E-state index in [1.807, 2.05) is 4.68 Å². The summed E-state index contributed by atoms with van der Waals surface area (Å²) >= 11 is 0. The molecule has 1 atom stereocenters. The van der Waals surface area contributed by atoms with Crippen molar-refractivity contribution in [2.75, 3.05) is 13.1 Å². The Morgan fingerprint density at radius 1 is 1.15 bits per heavy atom. The summed E-state index contributed by atoms with van der Waals surface area (Å²) in [5, 5.41) is 12.9. The molecule has 1 aromatic carbocycles. The number of halogens is 1. The van der Waals surface area contributed by atoms with Crippen molar-refractivity contribution in [2.45, 2.75) is 65.5 Å². The van der Waals surface area contributed by atoms with Gasteiger partial charge in [-0.3, -0.25) is 4.90 Å². The van der Waals surface area contributed by atoms with Crippen LogP contribution in [-0.2, 0) is 5.54 Å². The highest BCUT2D eigenvalue weighted by Crippen LogP contribution is 2.33. The van der Waals surface area contributed by atoms with E-state index in [-0.39, 0.29) is 24.0 Å². The Morgan fingerprint density at radius 2 is 1.77 bits per heavy atom. The lowest BCUT2D eigenvalue weighted by atomic mass is 9.94. The summed E-state index contributed by atoms with van der Waals surface area (Å²) in [7, 11) is 0. The Hall–Kier alpha value is -1.46. The standard InChI is InChI=1S/C20H31N5.ClH/c1-6-20(4,5)25-19(21-22-23-25)18(17-9-7-15(2)8-10-17)24-13-11-16(3)12-14-24;/h7-10,16,18H,6,11-14H2,1-5H3;1H/p-1. The van der Waals surface area contributed by atoms with Crippen LogP contribution in [0.3, 0.4) is 0 Å². The molecule has 1 aromatic heterocycles. The van der Waals surface area contributed by atoms with Gasteiger partial charge in [0.2, 0.25) is 0 Å². The summed E-state index contributed by atoms with van der Waals surface area (Å²) in [6, 6.07) is 8.96. The zero-order valence-electron chi connectivity index (χ0n) is 16.6. The Bertz CT molecular complexity index is 686. The van der Waals surface area contributed by atoms with Crippen LogP contribution in [0, 0.1) is 12.8 Å². The fraction of sp³-hybridized carbons (Fsp3) is 0.650. The van der Waals surface area contributed by atoms with E-state index in [0.717, 1.165) is 31.3 Å². The zero-order valence-corrected chi connectivity index (χ0v) is 17.4. The number of piperidine rings is 1.